The molecule has 0 radical (unpaired) electrons. The van der Waals surface area contributed by atoms with Gasteiger partial charge in [0.05, 0.1) is 24.5 Å². The maximum absolute atomic E-state index is 11.8. The van der Waals surface area contributed by atoms with Crippen molar-refractivity contribution in [3.8, 4) is 5.75 Å². The average molecular weight is 376 g/mol. The van der Waals surface area contributed by atoms with E-state index in [0.29, 0.717) is 43.4 Å². The van der Waals surface area contributed by atoms with Crippen molar-refractivity contribution in [2.24, 2.45) is 5.73 Å². The Kier molecular flexibility index (Phi) is 7.04. The summed E-state index contributed by atoms with van der Waals surface area (Å²) >= 11 is 0. The molecular weight excluding hydrogens is 352 g/mol. The number of hydrogen-bond donors (Lipinski definition) is 2. The topological polar surface area (TPSA) is 73.6 Å². The van der Waals surface area contributed by atoms with Crippen LogP contribution in [-0.4, -0.2) is 19.1 Å². The van der Waals surface area contributed by atoms with Crippen molar-refractivity contribution in [2.75, 3.05) is 18.5 Å². The van der Waals surface area contributed by atoms with Gasteiger partial charge in [0.2, 0.25) is 0 Å². The third kappa shape index (κ3) is 5.59. The van der Waals surface area contributed by atoms with Crippen LogP contribution < -0.4 is 15.8 Å². The first kappa shape index (κ1) is 19.5. The van der Waals surface area contributed by atoms with Gasteiger partial charge in [-0.1, -0.05) is 66.7 Å². The highest BCUT2D eigenvalue weighted by Crippen LogP contribution is 2.29. The Morgan fingerprint density at radius 3 is 2.11 bits per heavy atom. The Bertz CT molecular complexity index is 883. The van der Waals surface area contributed by atoms with E-state index in [9.17, 15) is 4.79 Å². The van der Waals surface area contributed by atoms with Crippen LogP contribution in [0.1, 0.15) is 21.5 Å². The highest BCUT2D eigenvalue weighted by atomic mass is 16.5. The van der Waals surface area contributed by atoms with E-state index >= 15 is 0 Å². The first-order valence-electron chi connectivity index (χ1n) is 9.19. The van der Waals surface area contributed by atoms with Crippen molar-refractivity contribution in [2.45, 2.75) is 13.2 Å². The first-order chi connectivity index (χ1) is 13.7. The molecule has 3 aromatic rings. The van der Waals surface area contributed by atoms with Gasteiger partial charge in [-0.05, 0) is 23.3 Å². The fourth-order valence-electron chi connectivity index (χ4n) is 2.79. The number of rotatable bonds is 10. The Hall–Kier alpha value is -3.31. The summed E-state index contributed by atoms with van der Waals surface area (Å²) in [6.45, 7) is 1.96. The number of nitrogens with two attached hydrogens (primary N) is 1. The Morgan fingerprint density at radius 1 is 0.821 bits per heavy atom. The number of anilines is 1. The fourth-order valence-corrected chi connectivity index (χ4v) is 2.79. The van der Waals surface area contributed by atoms with E-state index in [1.165, 1.54) is 0 Å². The summed E-state index contributed by atoms with van der Waals surface area (Å²) in [5, 5.41) is 3.23. The number of para-hydroxylation sites is 1. The summed E-state index contributed by atoms with van der Waals surface area (Å²) in [6.07, 6.45) is 0. The molecule has 0 fully saturated rings. The predicted molar refractivity (Wildman–Crippen MR) is 110 cm³/mol. The van der Waals surface area contributed by atoms with Crippen molar-refractivity contribution in [3.63, 3.8) is 0 Å². The number of benzene rings is 3. The molecular formula is C23H24N2O3. The van der Waals surface area contributed by atoms with Gasteiger partial charge >= 0.3 is 0 Å². The smallest absolute Gasteiger partial charge is 0.250 e. The Morgan fingerprint density at radius 2 is 1.46 bits per heavy atom. The third-order valence-corrected chi connectivity index (χ3v) is 4.19. The zero-order chi connectivity index (χ0) is 19.6. The molecule has 1 amide bonds. The summed E-state index contributed by atoms with van der Waals surface area (Å²) in [5.41, 5.74) is 8.68. The summed E-state index contributed by atoms with van der Waals surface area (Å²) in [4.78, 5) is 11.8. The van der Waals surface area contributed by atoms with Gasteiger partial charge in [0.25, 0.3) is 5.91 Å². The van der Waals surface area contributed by atoms with E-state index in [2.05, 4.69) is 5.32 Å². The quantitative estimate of drug-likeness (QED) is 0.525. The molecule has 0 aliphatic rings. The molecule has 144 valence electrons. The van der Waals surface area contributed by atoms with Crippen molar-refractivity contribution in [1.82, 2.24) is 0 Å². The molecule has 28 heavy (non-hydrogen) atoms. The highest BCUT2D eigenvalue weighted by Gasteiger charge is 2.13. The van der Waals surface area contributed by atoms with Crippen LogP contribution in [0.5, 0.6) is 5.75 Å². The van der Waals surface area contributed by atoms with E-state index < -0.39 is 5.91 Å². The van der Waals surface area contributed by atoms with Crippen LogP contribution in [0.2, 0.25) is 0 Å². The molecule has 0 heterocycles. The summed E-state index contributed by atoms with van der Waals surface area (Å²) in [7, 11) is 0. The van der Waals surface area contributed by atoms with E-state index in [4.69, 9.17) is 15.2 Å². The fraction of sp³-hybridized carbons (Fsp3) is 0.174. The van der Waals surface area contributed by atoms with Crippen LogP contribution in [0.4, 0.5) is 5.69 Å². The normalized spacial score (nSPS) is 10.4. The number of primary amides is 1. The van der Waals surface area contributed by atoms with E-state index in [-0.39, 0.29) is 0 Å². The lowest BCUT2D eigenvalue weighted by Crippen LogP contribution is -2.17. The van der Waals surface area contributed by atoms with Crippen LogP contribution in [0.25, 0.3) is 0 Å². The highest BCUT2D eigenvalue weighted by molar-refractivity contribution is 5.99. The van der Waals surface area contributed by atoms with Gasteiger partial charge in [0.15, 0.2) is 0 Å². The molecule has 0 unspecified atom stereocenters. The molecule has 5 nitrogen and oxygen atoms in total. The summed E-state index contributed by atoms with van der Waals surface area (Å²) in [6, 6.07) is 25.1. The van der Waals surface area contributed by atoms with Gasteiger partial charge in [0, 0.05) is 6.54 Å². The van der Waals surface area contributed by atoms with Crippen molar-refractivity contribution in [3.05, 3.63) is 95.6 Å². The number of nitrogens with one attached hydrogen (secondary N) is 1. The second-order valence-electron chi connectivity index (χ2n) is 6.28. The predicted octanol–water partition coefficient (Wildman–Crippen LogP) is 3.99. The molecule has 3 aromatic carbocycles. The van der Waals surface area contributed by atoms with E-state index in [1.54, 1.807) is 12.1 Å². The van der Waals surface area contributed by atoms with Crippen molar-refractivity contribution >= 4 is 11.6 Å². The lowest BCUT2D eigenvalue weighted by atomic mass is 10.1. The number of hydrogen-bond acceptors (Lipinski definition) is 4. The van der Waals surface area contributed by atoms with Crippen LogP contribution in [-0.2, 0) is 18.0 Å². The first-order valence-corrected chi connectivity index (χ1v) is 9.19. The summed E-state index contributed by atoms with van der Waals surface area (Å²) in [5.74, 6) is 0.0843. The van der Waals surface area contributed by atoms with E-state index in [0.717, 1.165) is 11.1 Å². The SMILES string of the molecule is NC(=O)c1cccc(OCc2ccccc2)c1NCCOCc1ccccc1. The average Bonchev–Trinajstić information content (AvgIpc) is 2.73. The molecule has 0 saturated heterocycles. The van der Waals surface area contributed by atoms with Gasteiger partial charge < -0.3 is 20.5 Å². The molecule has 5 heteroatoms. The van der Waals surface area contributed by atoms with Crippen molar-refractivity contribution < 1.29 is 14.3 Å². The largest absolute Gasteiger partial charge is 0.487 e. The minimum atomic E-state index is -0.502. The molecule has 0 aromatic heterocycles. The van der Waals surface area contributed by atoms with Crippen LogP contribution in [0.15, 0.2) is 78.9 Å². The zero-order valence-corrected chi connectivity index (χ0v) is 15.6. The Balaban J connectivity index is 1.60. The lowest BCUT2D eigenvalue weighted by Gasteiger charge is -2.16. The monoisotopic (exact) mass is 376 g/mol. The molecule has 3 rings (SSSR count). The second kappa shape index (κ2) is 10.1. The lowest BCUT2D eigenvalue weighted by molar-refractivity contribution is 0.100. The van der Waals surface area contributed by atoms with Crippen LogP contribution in [0.3, 0.4) is 0 Å². The molecule has 0 spiro atoms. The molecule has 0 aliphatic heterocycles. The molecule has 0 saturated carbocycles. The minimum Gasteiger partial charge on any atom is -0.487 e. The zero-order valence-electron chi connectivity index (χ0n) is 15.6. The third-order valence-electron chi connectivity index (χ3n) is 4.19. The van der Waals surface area contributed by atoms with Gasteiger partial charge in [-0.15, -0.1) is 0 Å². The maximum Gasteiger partial charge on any atom is 0.250 e. The van der Waals surface area contributed by atoms with Gasteiger partial charge in [-0.25, -0.2) is 0 Å². The van der Waals surface area contributed by atoms with Gasteiger partial charge in [-0.3, -0.25) is 4.79 Å². The van der Waals surface area contributed by atoms with E-state index in [1.807, 2.05) is 66.7 Å². The number of amides is 1. The molecule has 0 aliphatic carbocycles. The van der Waals surface area contributed by atoms with Crippen LogP contribution >= 0.6 is 0 Å². The van der Waals surface area contributed by atoms with Gasteiger partial charge in [-0.2, -0.15) is 0 Å². The number of carbonyl (C=O) groups excluding carboxylic acids is 1. The Labute approximate surface area is 165 Å². The minimum absolute atomic E-state index is 0.397. The second-order valence-corrected chi connectivity index (χ2v) is 6.28. The standard InChI is InChI=1S/C23H24N2O3/c24-23(26)20-12-7-13-21(28-17-19-10-5-2-6-11-19)22(20)25-14-15-27-16-18-8-3-1-4-9-18/h1-13,25H,14-17H2,(H2,24,26). The molecule has 0 bridgehead atoms. The maximum atomic E-state index is 11.8. The number of ether oxygens (including phenoxy) is 2. The molecule has 0 atom stereocenters. The molecule has 3 N–H and O–H groups in total. The van der Waals surface area contributed by atoms with Crippen LogP contribution in [0, 0.1) is 0 Å². The van der Waals surface area contributed by atoms with Gasteiger partial charge in [0.1, 0.15) is 12.4 Å². The number of carbonyl (C=O) groups is 1. The summed E-state index contributed by atoms with van der Waals surface area (Å²) < 4.78 is 11.6. The van der Waals surface area contributed by atoms with Crippen molar-refractivity contribution in [1.29, 1.82) is 0 Å².